The summed E-state index contributed by atoms with van der Waals surface area (Å²) in [6, 6.07) is 6.63. The average molecular weight is 333 g/mol. The number of halogens is 3. The van der Waals surface area contributed by atoms with Crippen LogP contribution in [0.4, 0.5) is 4.39 Å². The normalized spacial score (nSPS) is 11.8. The smallest absolute Gasteiger partial charge is 0.123 e. The minimum Gasteiger partial charge on any atom is -0.207 e. The fraction of sp³-hybridized carbons (Fsp3) is 0.667. The molecule has 120 valence electrons. The molecule has 0 saturated heterocycles. The summed E-state index contributed by atoms with van der Waals surface area (Å²) in [4.78, 5) is 0. The van der Waals surface area contributed by atoms with E-state index in [2.05, 4.69) is 6.92 Å². The number of alkyl halides is 2. The van der Waals surface area contributed by atoms with Crippen molar-refractivity contribution < 1.29 is 4.39 Å². The Labute approximate surface area is 139 Å². The zero-order valence-electron chi connectivity index (χ0n) is 13.0. The Morgan fingerprint density at radius 1 is 0.857 bits per heavy atom. The van der Waals surface area contributed by atoms with Crippen LogP contribution in [0.2, 0.25) is 0 Å². The van der Waals surface area contributed by atoms with E-state index in [9.17, 15) is 4.39 Å². The third kappa shape index (κ3) is 6.16. The Morgan fingerprint density at radius 2 is 1.38 bits per heavy atom. The van der Waals surface area contributed by atoms with Gasteiger partial charge in [0.05, 0.1) is 0 Å². The molecule has 0 bridgehead atoms. The Balaban J connectivity index is 2.47. The van der Waals surface area contributed by atoms with Crippen LogP contribution in [0.1, 0.15) is 63.9 Å². The SMILES string of the molecule is CCCCCCCCCC(CCl)(CCl)c1ccc(F)cc1. The monoisotopic (exact) mass is 332 g/mol. The van der Waals surface area contributed by atoms with E-state index in [0.29, 0.717) is 11.8 Å². The molecule has 1 aromatic carbocycles. The van der Waals surface area contributed by atoms with Crippen molar-refractivity contribution in [3.63, 3.8) is 0 Å². The largest absolute Gasteiger partial charge is 0.207 e. The van der Waals surface area contributed by atoms with Gasteiger partial charge in [-0.05, 0) is 24.1 Å². The number of unbranched alkanes of at least 4 members (excludes halogenated alkanes) is 6. The van der Waals surface area contributed by atoms with Crippen LogP contribution < -0.4 is 0 Å². The number of benzene rings is 1. The second-order valence-corrected chi connectivity index (χ2v) is 6.46. The molecular weight excluding hydrogens is 306 g/mol. The van der Waals surface area contributed by atoms with Crippen LogP contribution >= 0.6 is 23.2 Å². The lowest BCUT2D eigenvalue weighted by Gasteiger charge is -2.30. The molecule has 0 fully saturated rings. The highest BCUT2D eigenvalue weighted by molar-refractivity contribution is 6.22. The summed E-state index contributed by atoms with van der Waals surface area (Å²) < 4.78 is 13.1. The van der Waals surface area contributed by atoms with Gasteiger partial charge in [0.2, 0.25) is 0 Å². The molecule has 3 heteroatoms. The van der Waals surface area contributed by atoms with Crippen LogP contribution in [-0.2, 0) is 5.41 Å². The summed E-state index contributed by atoms with van der Waals surface area (Å²) in [6.07, 6.45) is 9.88. The Hall–Kier alpha value is -0.270. The molecule has 0 unspecified atom stereocenters. The van der Waals surface area contributed by atoms with E-state index in [1.165, 1.54) is 50.7 Å². The van der Waals surface area contributed by atoms with Gasteiger partial charge in [-0.25, -0.2) is 4.39 Å². The molecule has 0 aliphatic carbocycles. The summed E-state index contributed by atoms with van der Waals surface area (Å²) in [5.41, 5.74) is 0.833. The molecular formula is C18H27Cl2F. The van der Waals surface area contributed by atoms with E-state index < -0.39 is 0 Å². The van der Waals surface area contributed by atoms with Gasteiger partial charge in [0.15, 0.2) is 0 Å². The fourth-order valence-electron chi connectivity index (χ4n) is 2.69. The zero-order valence-corrected chi connectivity index (χ0v) is 14.5. The number of hydrogen-bond donors (Lipinski definition) is 0. The summed E-state index contributed by atoms with van der Waals surface area (Å²) in [5.74, 6) is 0.753. The highest BCUT2D eigenvalue weighted by atomic mass is 35.5. The van der Waals surface area contributed by atoms with Crippen LogP contribution in [0.3, 0.4) is 0 Å². The van der Waals surface area contributed by atoms with Gasteiger partial charge >= 0.3 is 0 Å². The molecule has 0 aliphatic rings. The van der Waals surface area contributed by atoms with Crippen LogP contribution in [-0.4, -0.2) is 11.8 Å². The van der Waals surface area contributed by atoms with Gasteiger partial charge in [0.25, 0.3) is 0 Å². The maximum Gasteiger partial charge on any atom is 0.123 e. The Bertz CT molecular complexity index is 371. The van der Waals surface area contributed by atoms with E-state index >= 15 is 0 Å². The minimum atomic E-state index is -0.222. The van der Waals surface area contributed by atoms with E-state index in [1.54, 1.807) is 0 Å². The molecule has 1 aromatic rings. The lowest BCUT2D eigenvalue weighted by atomic mass is 9.79. The summed E-state index contributed by atoms with van der Waals surface area (Å²) in [7, 11) is 0. The van der Waals surface area contributed by atoms with Gasteiger partial charge in [-0.1, -0.05) is 64.0 Å². The molecule has 0 aliphatic heterocycles. The first-order chi connectivity index (χ1) is 10.2. The average Bonchev–Trinajstić information content (AvgIpc) is 2.52. The maximum absolute atomic E-state index is 13.1. The Morgan fingerprint density at radius 3 is 1.90 bits per heavy atom. The van der Waals surface area contributed by atoms with E-state index in [4.69, 9.17) is 23.2 Å². The maximum atomic E-state index is 13.1. The molecule has 0 amide bonds. The lowest BCUT2D eigenvalue weighted by molar-refractivity contribution is 0.450. The molecule has 0 atom stereocenters. The van der Waals surface area contributed by atoms with Crippen LogP contribution in [0.25, 0.3) is 0 Å². The van der Waals surface area contributed by atoms with Gasteiger partial charge in [-0.2, -0.15) is 0 Å². The highest BCUT2D eigenvalue weighted by Gasteiger charge is 2.30. The first-order valence-electron chi connectivity index (χ1n) is 8.06. The van der Waals surface area contributed by atoms with E-state index in [1.807, 2.05) is 12.1 Å². The second-order valence-electron chi connectivity index (χ2n) is 5.93. The predicted octanol–water partition coefficient (Wildman–Crippen LogP) is 6.68. The van der Waals surface area contributed by atoms with Gasteiger partial charge in [0.1, 0.15) is 5.82 Å². The van der Waals surface area contributed by atoms with Crippen molar-refractivity contribution in [3.05, 3.63) is 35.6 Å². The quantitative estimate of drug-likeness (QED) is 0.313. The fourth-order valence-corrected chi connectivity index (χ4v) is 3.55. The molecule has 0 aromatic heterocycles. The van der Waals surface area contributed by atoms with Crippen molar-refractivity contribution in [2.75, 3.05) is 11.8 Å². The molecule has 0 N–H and O–H groups in total. The summed E-state index contributed by atoms with van der Waals surface area (Å²) in [5, 5.41) is 0. The zero-order chi connectivity index (χ0) is 15.6. The van der Waals surface area contributed by atoms with Crippen molar-refractivity contribution >= 4 is 23.2 Å². The molecule has 0 saturated carbocycles. The molecule has 0 spiro atoms. The van der Waals surface area contributed by atoms with E-state index in [-0.39, 0.29) is 11.2 Å². The van der Waals surface area contributed by atoms with Crippen LogP contribution in [0, 0.1) is 5.82 Å². The molecule has 1 rings (SSSR count). The standard InChI is InChI=1S/C18H27Cl2F/c1-2-3-4-5-6-7-8-13-18(14-19,15-20)16-9-11-17(21)12-10-16/h9-12H,2-8,13-15H2,1H3. The van der Waals surface area contributed by atoms with E-state index in [0.717, 1.165) is 18.4 Å². The first kappa shape index (κ1) is 18.8. The van der Waals surface area contributed by atoms with Gasteiger partial charge < -0.3 is 0 Å². The summed E-state index contributed by atoms with van der Waals surface area (Å²) >= 11 is 12.4. The van der Waals surface area contributed by atoms with Crippen molar-refractivity contribution in [3.8, 4) is 0 Å². The third-order valence-corrected chi connectivity index (χ3v) is 5.25. The highest BCUT2D eigenvalue weighted by Crippen LogP contribution is 2.33. The molecule has 0 nitrogen and oxygen atoms in total. The van der Waals surface area contributed by atoms with Crippen molar-refractivity contribution in [1.82, 2.24) is 0 Å². The van der Waals surface area contributed by atoms with Crippen molar-refractivity contribution in [2.45, 2.75) is 63.7 Å². The lowest BCUT2D eigenvalue weighted by Crippen LogP contribution is -2.30. The van der Waals surface area contributed by atoms with Crippen LogP contribution in [0.15, 0.2) is 24.3 Å². The number of hydrogen-bond acceptors (Lipinski definition) is 0. The molecule has 0 heterocycles. The topological polar surface area (TPSA) is 0 Å². The third-order valence-electron chi connectivity index (χ3n) is 4.23. The molecule has 21 heavy (non-hydrogen) atoms. The van der Waals surface area contributed by atoms with Gasteiger partial charge in [-0.15, -0.1) is 23.2 Å². The van der Waals surface area contributed by atoms with Gasteiger partial charge in [0, 0.05) is 17.2 Å². The minimum absolute atomic E-state index is 0.215. The van der Waals surface area contributed by atoms with Crippen LogP contribution in [0.5, 0.6) is 0 Å². The Kier molecular flexibility index (Phi) is 9.35. The van der Waals surface area contributed by atoms with Gasteiger partial charge in [-0.3, -0.25) is 0 Å². The first-order valence-corrected chi connectivity index (χ1v) is 9.13. The second kappa shape index (κ2) is 10.5. The van der Waals surface area contributed by atoms with Crippen molar-refractivity contribution in [2.24, 2.45) is 0 Å². The van der Waals surface area contributed by atoms with Crippen molar-refractivity contribution in [1.29, 1.82) is 0 Å². The number of rotatable bonds is 11. The summed E-state index contributed by atoms with van der Waals surface area (Å²) in [6.45, 7) is 2.23. The predicted molar refractivity (Wildman–Crippen MR) is 92.1 cm³/mol. The molecule has 0 radical (unpaired) electrons.